The lowest BCUT2D eigenvalue weighted by atomic mass is 10.0. The highest BCUT2D eigenvalue weighted by Crippen LogP contribution is 2.18. The Balaban J connectivity index is 1.61. The van der Waals surface area contributed by atoms with Gasteiger partial charge in [0.1, 0.15) is 17.7 Å². The molecule has 37 heavy (non-hydrogen) atoms. The molecule has 0 fully saturated rings. The van der Waals surface area contributed by atoms with Crippen molar-refractivity contribution in [2.24, 2.45) is 0 Å². The Morgan fingerprint density at radius 2 is 1.03 bits per heavy atom. The zero-order valence-electron chi connectivity index (χ0n) is 23.1. The van der Waals surface area contributed by atoms with E-state index in [1.807, 2.05) is 36.4 Å². The topological polar surface area (TPSA) is 50.8 Å². The number of unbranched alkanes of at least 4 members (excludes halogenated alkanes) is 12. The minimum atomic E-state index is 0.113. The summed E-state index contributed by atoms with van der Waals surface area (Å²) in [6.07, 6.45) is 23.9. The van der Waals surface area contributed by atoms with E-state index in [4.69, 9.17) is 10.5 Å². The quantitative estimate of drug-likeness (QED) is 0.117. The van der Waals surface area contributed by atoms with Gasteiger partial charge < -0.3 is 4.90 Å². The maximum Gasteiger partial charge on any atom is 0.130 e. The lowest BCUT2D eigenvalue weighted by Crippen LogP contribution is -2.18. The van der Waals surface area contributed by atoms with E-state index in [1.165, 1.54) is 94.7 Å². The number of nitriles is 2. The number of allylic oxidation sites excluding steroid dienone is 1. The highest BCUT2D eigenvalue weighted by Gasteiger charge is 2.01. The fourth-order valence-electron chi connectivity index (χ4n) is 4.49. The monoisotopic (exact) mass is 495 g/mol. The maximum absolute atomic E-state index is 8.88. The fraction of sp³-hybridized carbons (Fsp3) is 0.471. The Labute approximate surface area is 226 Å². The number of hydrogen-bond acceptors (Lipinski definition) is 3. The molecule has 2 aromatic carbocycles. The van der Waals surface area contributed by atoms with Crippen LogP contribution in [0.1, 0.15) is 107 Å². The van der Waals surface area contributed by atoms with E-state index in [0.717, 1.165) is 17.7 Å². The van der Waals surface area contributed by atoms with Crippen molar-refractivity contribution >= 4 is 23.9 Å². The fourth-order valence-corrected chi connectivity index (χ4v) is 4.49. The highest BCUT2D eigenvalue weighted by atomic mass is 15.1. The van der Waals surface area contributed by atoms with Crippen LogP contribution in [-0.4, -0.2) is 13.6 Å². The minimum absolute atomic E-state index is 0.113. The van der Waals surface area contributed by atoms with Gasteiger partial charge in [-0.3, -0.25) is 0 Å². The van der Waals surface area contributed by atoms with Crippen molar-refractivity contribution in [3.63, 3.8) is 0 Å². The third-order valence-electron chi connectivity index (χ3n) is 6.89. The predicted molar refractivity (Wildman–Crippen MR) is 160 cm³/mol. The zero-order chi connectivity index (χ0) is 26.6. The minimum Gasteiger partial charge on any atom is -0.375 e. The van der Waals surface area contributed by atoms with E-state index in [2.05, 4.69) is 55.3 Å². The second kappa shape index (κ2) is 18.9. The molecular weight excluding hydrogens is 450 g/mol. The molecule has 0 unspecified atom stereocenters. The molecule has 0 atom stereocenters. The van der Waals surface area contributed by atoms with Crippen LogP contribution in [0.2, 0.25) is 0 Å². The van der Waals surface area contributed by atoms with E-state index in [-0.39, 0.29) is 5.57 Å². The molecule has 0 heterocycles. The molecule has 2 rings (SSSR count). The van der Waals surface area contributed by atoms with Crippen LogP contribution >= 0.6 is 0 Å². The van der Waals surface area contributed by atoms with Crippen LogP contribution in [0.3, 0.4) is 0 Å². The van der Waals surface area contributed by atoms with Crippen LogP contribution < -0.4 is 4.90 Å². The molecule has 0 bridgehead atoms. The summed E-state index contributed by atoms with van der Waals surface area (Å²) in [5.41, 5.74) is 4.47. The average molecular weight is 496 g/mol. The van der Waals surface area contributed by atoms with Crippen LogP contribution in [0.15, 0.2) is 54.1 Å². The maximum atomic E-state index is 8.88. The summed E-state index contributed by atoms with van der Waals surface area (Å²) >= 11 is 0. The number of rotatable bonds is 18. The van der Waals surface area contributed by atoms with E-state index in [9.17, 15) is 0 Å². The SMILES string of the molecule is CCCCCCCCCCCCCCCN(C)c1ccc(/C=C/c2ccc(C=C(C#N)C#N)cc2)cc1. The normalized spacial score (nSPS) is 10.7. The Morgan fingerprint density at radius 1 is 0.622 bits per heavy atom. The third-order valence-corrected chi connectivity index (χ3v) is 6.89. The number of nitrogens with zero attached hydrogens (tertiary/aromatic N) is 3. The van der Waals surface area contributed by atoms with Gasteiger partial charge in [-0.05, 0) is 41.3 Å². The molecule has 0 aliphatic rings. The Morgan fingerprint density at radius 3 is 1.49 bits per heavy atom. The highest BCUT2D eigenvalue weighted by molar-refractivity contribution is 5.71. The summed E-state index contributed by atoms with van der Waals surface area (Å²) in [6, 6.07) is 20.3. The van der Waals surface area contributed by atoms with Crippen LogP contribution in [0, 0.1) is 22.7 Å². The Kier molecular flexibility index (Phi) is 15.3. The second-order valence-electron chi connectivity index (χ2n) is 10.0. The Bertz CT molecular complexity index is 1000. The van der Waals surface area contributed by atoms with Crippen LogP contribution in [0.5, 0.6) is 0 Å². The molecule has 0 radical (unpaired) electrons. The summed E-state index contributed by atoms with van der Waals surface area (Å²) < 4.78 is 0. The van der Waals surface area contributed by atoms with Gasteiger partial charge >= 0.3 is 0 Å². The molecule has 0 aromatic heterocycles. The van der Waals surface area contributed by atoms with Crippen molar-refractivity contribution < 1.29 is 0 Å². The van der Waals surface area contributed by atoms with Crippen LogP contribution in [0.4, 0.5) is 5.69 Å². The van der Waals surface area contributed by atoms with Gasteiger partial charge in [-0.15, -0.1) is 0 Å². The molecular formula is C34H45N3. The second-order valence-corrected chi connectivity index (χ2v) is 10.0. The lowest BCUT2D eigenvalue weighted by Gasteiger charge is -2.19. The molecule has 3 heteroatoms. The summed E-state index contributed by atoms with van der Waals surface area (Å²) in [5, 5.41) is 17.8. The number of benzene rings is 2. The molecule has 0 saturated carbocycles. The van der Waals surface area contributed by atoms with Crippen molar-refractivity contribution in [2.75, 3.05) is 18.5 Å². The number of anilines is 1. The van der Waals surface area contributed by atoms with E-state index < -0.39 is 0 Å². The first-order valence-electron chi connectivity index (χ1n) is 14.3. The van der Waals surface area contributed by atoms with Crippen molar-refractivity contribution in [1.29, 1.82) is 10.5 Å². The first-order valence-corrected chi connectivity index (χ1v) is 14.3. The largest absolute Gasteiger partial charge is 0.375 e. The van der Waals surface area contributed by atoms with Crippen LogP contribution in [-0.2, 0) is 0 Å². The van der Waals surface area contributed by atoms with Crippen molar-refractivity contribution in [3.05, 3.63) is 70.8 Å². The molecule has 0 aliphatic carbocycles. The van der Waals surface area contributed by atoms with Gasteiger partial charge in [0, 0.05) is 19.3 Å². The summed E-state index contributed by atoms with van der Waals surface area (Å²) in [5.74, 6) is 0. The molecule has 0 N–H and O–H groups in total. The smallest absolute Gasteiger partial charge is 0.130 e. The average Bonchev–Trinajstić information content (AvgIpc) is 2.94. The Hall–Kier alpha value is -3.30. The first-order chi connectivity index (χ1) is 18.2. The van der Waals surface area contributed by atoms with Crippen molar-refractivity contribution in [1.82, 2.24) is 0 Å². The van der Waals surface area contributed by atoms with Crippen molar-refractivity contribution in [3.8, 4) is 12.1 Å². The molecule has 3 nitrogen and oxygen atoms in total. The first kappa shape index (κ1) is 29.9. The molecule has 196 valence electrons. The van der Waals surface area contributed by atoms with Crippen LogP contribution in [0.25, 0.3) is 18.2 Å². The van der Waals surface area contributed by atoms with E-state index in [0.29, 0.717) is 0 Å². The van der Waals surface area contributed by atoms with Gasteiger partial charge in [0.05, 0.1) is 0 Å². The van der Waals surface area contributed by atoms with E-state index >= 15 is 0 Å². The van der Waals surface area contributed by atoms with Gasteiger partial charge in [-0.25, -0.2) is 0 Å². The lowest BCUT2D eigenvalue weighted by molar-refractivity contribution is 0.539. The van der Waals surface area contributed by atoms with Gasteiger partial charge in [0.2, 0.25) is 0 Å². The van der Waals surface area contributed by atoms with Gasteiger partial charge in [-0.1, -0.05) is 133 Å². The summed E-state index contributed by atoms with van der Waals surface area (Å²) in [6.45, 7) is 3.39. The molecule has 2 aromatic rings. The molecule has 0 spiro atoms. The number of hydrogen-bond donors (Lipinski definition) is 0. The van der Waals surface area contributed by atoms with Crippen molar-refractivity contribution in [2.45, 2.75) is 90.4 Å². The van der Waals surface area contributed by atoms with Gasteiger partial charge in [-0.2, -0.15) is 10.5 Å². The zero-order valence-corrected chi connectivity index (χ0v) is 23.1. The van der Waals surface area contributed by atoms with Gasteiger partial charge in [0.25, 0.3) is 0 Å². The summed E-state index contributed by atoms with van der Waals surface area (Å²) in [7, 11) is 2.19. The molecule has 0 saturated heterocycles. The molecule has 0 amide bonds. The molecule has 0 aliphatic heterocycles. The predicted octanol–water partition coefficient (Wildman–Crippen LogP) is 9.81. The standard InChI is InChI=1S/C34H45N3/c1-3-4-5-6-7-8-9-10-11-12-13-14-15-26-37(2)34-24-22-31(23-25-34)17-16-30-18-20-32(21-19-30)27-33(28-35)29-36/h16-25,27H,3-15,26H2,1-2H3/b17-16+. The van der Waals surface area contributed by atoms with E-state index in [1.54, 1.807) is 6.08 Å². The van der Waals surface area contributed by atoms with Gasteiger partial charge in [0.15, 0.2) is 0 Å². The third kappa shape index (κ3) is 13.0. The summed E-state index contributed by atoms with van der Waals surface area (Å²) in [4.78, 5) is 2.36.